The van der Waals surface area contributed by atoms with Gasteiger partial charge in [-0.25, -0.2) is 0 Å². The molecule has 0 atom stereocenters. The second-order valence-electron chi connectivity index (χ2n) is 2.10. The van der Waals surface area contributed by atoms with Crippen LogP contribution in [-0.4, -0.2) is 11.3 Å². The molecule has 0 spiro atoms. The molecular formula is C7H6N4O. The minimum absolute atomic E-state index is 0.250. The summed E-state index contributed by atoms with van der Waals surface area (Å²) in [4.78, 5) is 16.6. The zero-order chi connectivity index (χ0) is 8.81. The van der Waals surface area contributed by atoms with E-state index in [0.717, 1.165) is 5.56 Å². The summed E-state index contributed by atoms with van der Waals surface area (Å²) in [5.41, 5.74) is 9.16. The number of aromatic nitrogens is 1. The summed E-state index contributed by atoms with van der Waals surface area (Å²) >= 11 is 0. The number of carbonyl (C=O) groups is 1. The van der Waals surface area contributed by atoms with E-state index in [4.69, 9.17) is 5.53 Å². The van der Waals surface area contributed by atoms with Gasteiger partial charge in [0.15, 0.2) is 6.29 Å². The fourth-order valence-electron chi connectivity index (χ4n) is 0.770. The molecule has 60 valence electrons. The van der Waals surface area contributed by atoms with Crippen LogP contribution in [-0.2, 0) is 6.54 Å². The highest BCUT2D eigenvalue weighted by Gasteiger charge is 1.93. The highest BCUT2D eigenvalue weighted by molar-refractivity contribution is 5.71. The first kappa shape index (κ1) is 8.23. The van der Waals surface area contributed by atoms with Crippen molar-refractivity contribution < 1.29 is 4.79 Å². The average Bonchev–Trinajstić information content (AvgIpc) is 2.15. The molecule has 5 nitrogen and oxygen atoms in total. The van der Waals surface area contributed by atoms with Gasteiger partial charge in [0.1, 0.15) is 5.69 Å². The van der Waals surface area contributed by atoms with Gasteiger partial charge in [-0.05, 0) is 23.2 Å². The highest BCUT2D eigenvalue weighted by Crippen LogP contribution is 2.01. The molecule has 5 heteroatoms. The number of aldehydes is 1. The summed E-state index contributed by atoms with van der Waals surface area (Å²) in [5.74, 6) is 0. The van der Waals surface area contributed by atoms with Gasteiger partial charge in [0.05, 0.1) is 6.54 Å². The molecule has 1 heterocycles. The fourth-order valence-corrected chi connectivity index (χ4v) is 0.770. The minimum atomic E-state index is 0.250. The summed E-state index contributed by atoms with van der Waals surface area (Å²) in [5, 5.41) is 3.35. The van der Waals surface area contributed by atoms with E-state index in [1.165, 1.54) is 6.20 Å². The first-order chi connectivity index (χ1) is 5.86. The lowest BCUT2D eigenvalue weighted by Gasteiger charge is -1.94. The van der Waals surface area contributed by atoms with Crippen LogP contribution in [0, 0.1) is 0 Å². The second-order valence-corrected chi connectivity index (χ2v) is 2.10. The van der Waals surface area contributed by atoms with E-state index in [1.807, 2.05) is 0 Å². The monoisotopic (exact) mass is 162 g/mol. The zero-order valence-corrected chi connectivity index (χ0v) is 6.21. The molecule has 0 aliphatic carbocycles. The van der Waals surface area contributed by atoms with Gasteiger partial charge < -0.3 is 0 Å². The Kier molecular flexibility index (Phi) is 2.81. The lowest BCUT2D eigenvalue weighted by molar-refractivity contribution is 0.111. The van der Waals surface area contributed by atoms with Gasteiger partial charge >= 0.3 is 0 Å². The minimum Gasteiger partial charge on any atom is -0.296 e. The van der Waals surface area contributed by atoms with Gasteiger partial charge in [0, 0.05) is 11.1 Å². The van der Waals surface area contributed by atoms with E-state index >= 15 is 0 Å². The number of azide groups is 1. The molecule has 0 aliphatic rings. The molecule has 0 unspecified atom stereocenters. The quantitative estimate of drug-likeness (QED) is 0.293. The Morgan fingerprint density at radius 3 is 3.25 bits per heavy atom. The maximum atomic E-state index is 10.3. The van der Waals surface area contributed by atoms with Crippen LogP contribution in [0.2, 0.25) is 0 Å². The Balaban J connectivity index is 2.85. The van der Waals surface area contributed by atoms with Gasteiger partial charge in [-0.2, -0.15) is 0 Å². The molecular weight excluding hydrogens is 156 g/mol. The molecule has 1 rings (SSSR count). The molecule has 0 saturated carbocycles. The second kappa shape index (κ2) is 4.10. The third-order valence-electron chi connectivity index (χ3n) is 1.28. The van der Waals surface area contributed by atoms with Gasteiger partial charge in [0.2, 0.25) is 0 Å². The van der Waals surface area contributed by atoms with Crippen LogP contribution in [0.3, 0.4) is 0 Å². The summed E-state index contributed by atoms with van der Waals surface area (Å²) in [6, 6.07) is 3.28. The molecule has 12 heavy (non-hydrogen) atoms. The third kappa shape index (κ3) is 2.07. The van der Waals surface area contributed by atoms with E-state index in [0.29, 0.717) is 12.0 Å². The van der Waals surface area contributed by atoms with Crippen LogP contribution >= 0.6 is 0 Å². The standard InChI is InChI=1S/C7H6N4O/c8-11-10-4-6-1-2-9-7(3-6)5-12/h1-3,5H,4H2. The molecule has 0 N–H and O–H groups in total. The maximum absolute atomic E-state index is 10.3. The largest absolute Gasteiger partial charge is 0.296 e. The Morgan fingerprint density at radius 1 is 1.75 bits per heavy atom. The van der Waals surface area contributed by atoms with Gasteiger partial charge in [-0.15, -0.1) is 0 Å². The number of carbonyl (C=O) groups excluding carboxylic acids is 1. The lowest BCUT2D eigenvalue weighted by Crippen LogP contribution is -1.88. The molecule has 0 aromatic carbocycles. The van der Waals surface area contributed by atoms with Crippen molar-refractivity contribution in [3.8, 4) is 0 Å². The predicted molar refractivity (Wildman–Crippen MR) is 42.5 cm³/mol. The van der Waals surface area contributed by atoms with Crippen LogP contribution < -0.4 is 0 Å². The SMILES string of the molecule is [N-]=[N+]=NCc1ccnc(C=O)c1. The van der Waals surface area contributed by atoms with E-state index in [2.05, 4.69) is 15.0 Å². The summed E-state index contributed by atoms with van der Waals surface area (Å²) in [7, 11) is 0. The van der Waals surface area contributed by atoms with Gasteiger partial charge in [-0.3, -0.25) is 9.78 Å². The number of hydrogen-bond donors (Lipinski definition) is 0. The van der Waals surface area contributed by atoms with Crippen LogP contribution in [0.25, 0.3) is 10.4 Å². The number of nitrogens with zero attached hydrogens (tertiary/aromatic N) is 4. The van der Waals surface area contributed by atoms with Crippen molar-refractivity contribution in [2.24, 2.45) is 5.11 Å². The summed E-state index contributed by atoms with van der Waals surface area (Å²) in [6.07, 6.45) is 2.16. The van der Waals surface area contributed by atoms with Crippen LogP contribution in [0.4, 0.5) is 0 Å². The van der Waals surface area contributed by atoms with Crippen molar-refractivity contribution in [1.82, 2.24) is 4.98 Å². The number of pyridine rings is 1. The highest BCUT2D eigenvalue weighted by atomic mass is 16.1. The molecule has 1 aromatic heterocycles. The lowest BCUT2D eigenvalue weighted by atomic mass is 10.2. The van der Waals surface area contributed by atoms with Crippen molar-refractivity contribution in [3.63, 3.8) is 0 Å². The molecule has 0 amide bonds. The Bertz CT molecular complexity index is 330. The van der Waals surface area contributed by atoms with E-state index in [-0.39, 0.29) is 6.54 Å². The maximum Gasteiger partial charge on any atom is 0.168 e. The first-order valence-corrected chi connectivity index (χ1v) is 3.28. The zero-order valence-electron chi connectivity index (χ0n) is 6.21. The van der Waals surface area contributed by atoms with Crippen molar-refractivity contribution >= 4 is 6.29 Å². The van der Waals surface area contributed by atoms with Crippen LogP contribution in [0.1, 0.15) is 16.1 Å². The normalized spacial score (nSPS) is 8.67. The fraction of sp³-hybridized carbons (Fsp3) is 0.143. The van der Waals surface area contributed by atoms with Crippen molar-refractivity contribution in [3.05, 3.63) is 40.0 Å². The molecule has 0 saturated heterocycles. The predicted octanol–water partition coefficient (Wildman–Crippen LogP) is 1.70. The number of hydrogen-bond acceptors (Lipinski definition) is 3. The topological polar surface area (TPSA) is 78.7 Å². The van der Waals surface area contributed by atoms with Crippen molar-refractivity contribution in [2.45, 2.75) is 6.54 Å². The Hall–Kier alpha value is -1.87. The molecule has 0 aliphatic heterocycles. The molecule has 0 bridgehead atoms. The van der Waals surface area contributed by atoms with E-state index in [1.54, 1.807) is 12.1 Å². The third-order valence-corrected chi connectivity index (χ3v) is 1.28. The van der Waals surface area contributed by atoms with Crippen molar-refractivity contribution in [2.75, 3.05) is 0 Å². The molecule has 0 radical (unpaired) electrons. The van der Waals surface area contributed by atoms with Crippen molar-refractivity contribution in [1.29, 1.82) is 0 Å². The van der Waals surface area contributed by atoms with Crippen LogP contribution in [0.15, 0.2) is 23.4 Å². The number of rotatable bonds is 3. The van der Waals surface area contributed by atoms with E-state index in [9.17, 15) is 4.79 Å². The summed E-state index contributed by atoms with van der Waals surface area (Å²) in [6.45, 7) is 0.250. The first-order valence-electron chi connectivity index (χ1n) is 3.28. The molecule has 1 aromatic rings. The average molecular weight is 162 g/mol. The summed E-state index contributed by atoms with van der Waals surface area (Å²) < 4.78 is 0. The Labute approximate surface area is 68.7 Å². The van der Waals surface area contributed by atoms with Gasteiger partial charge in [-0.1, -0.05) is 5.11 Å². The smallest absolute Gasteiger partial charge is 0.168 e. The Morgan fingerprint density at radius 2 is 2.58 bits per heavy atom. The molecule has 0 fully saturated rings. The van der Waals surface area contributed by atoms with Crippen LogP contribution in [0.5, 0.6) is 0 Å². The van der Waals surface area contributed by atoms with E-state index < -0.39 is 0 Å². The van der Waals surface area contributed by atoms with Gasteiger partial charge in [0.25, 0.3) is 0 Å².